The molecule has 0 saturated carbocycles. The molecule has 2 aromatic heterocycles. The number of hydrogen-bond donors (Lipinski definition) is 2. The number of carboxylic acid groups (broad SMARTS) is 1. The molecular weight excluding hydrogens is 354 g/mol. The lowest BCUT2D eigenvalue weighted by Crippen LogP contribution is -2.29. The number of carbonyl (C=O) groups is 2. The zero-order chi connectivity index (χ0) is 16.1. The fraction of sp³-hybridized carbons (Fsp3) is 0.385. The highest BCUT2D eigenvalue weighted by Gasteiger charge is 2.08. The maximum absolute atomic E-state index is 11.7. The van der Waals surface area contributed by atoms with E-state index in [1.807, 2.05) is 17.8 Å². The first-order valence-corrected chi connectivity index (χ1v) is 7.47. The predicted molar refractivity (Wildman–Crippen MR) is 81.5 cm³/mol. The molecule has 2 N–H and O–H groups in total. The van der Waals surface area contributed by atoms with Gasteiger partial charge in [-0.15, -0.1) is 0 Å². The van der Waals surface area contributed by atoms with Gasteiger partial charge in [-0.2, -0.15) is 10.2 Å². The smallest absolute Gasteiger partial charge is 0.338 e. The molecule has 1 amide bonds. The summed E-state index contributed by atoms with van der Waals surface area (Å²) >= 11 is 3.39. The van der Waals surface area contributed by atoms with E-state index in [0.717, 1.165) is 16.6 Å². The molecule has 0 aliphatic heterocycles. The average Bonchev–Trinajstić information content (AvgIpc) is 3.03. The van der Waals surface area contributed by atoms with Crippen LogP contribution in [0.5, 0.6) is 0 Å². The number of carbonyl (C=O) groups excluding carboxylic acids is 1. The van der Waals surface area contributed by atoms with Crippen molar-refractivity contribution in [1.29, 1.82) is 0 Å². The molecule has 0 saturated heterocycles. The minimum atomic E-state index is -1.06. The second-order valence-corrected chi connectivity index (χ2v) is 5.62. The van der Waals surface area contributed by atoms with E-state index in [1.54, 1.807) is 0 Å². The maximum Gasteiger partial charge on any atom is 0.338 e. The van der Waals surface area contributed by atoms with Gasteiger partial charge >= 0.3 is 5.97 Å². The molecule has 0 unspecified atom stereocenters. The molecule has 22 heavy (non-hydrogen) atoms. The Morgan fingerprint density at radius 3 is 2.73 bits per heavy atom. The van der Waals surface area contributed by atoms with Crippen LogP contribution in [0, 0.1) is 6.92 Å². The summed E-state index contributed by atoms with van der Waals surface area (Å²) in [6.45, 7) is 3.14. The van der Waals surface area contributed by atoms with Crippen LogP contribution in [-0.4, -0.2) is 43.1 Å². The number of hydrogen-bond acceptors (Lipinski definition) is 4. The van der Waals surface area contributed by atoms with Crippen molar-refractivity contribution in [3.8, 4) is 0 Å². The van der Waals surface area contributed by atoms with Crippen LogP contribution in [0.25, 0.3) is 0 Å². The Labute approximate surface area is 135 Å². The first kappa shape index (κ1) is 16.2. The topological polar surface area (TPSA) is 102 Å². The van der Waals surface area contributed by atoms with Gasteiger partial charge in [0.05, 0.1) is 21.9 Å². The van der Waals surface area contributed by atoms with Crippen molar-refractivity contribution in [3.63, 3.8) is 0 Å². The second kappa shape index (κ2) is 7.21. The van der Waals surface area contributed by atoms with Gasteiger partial charge in [-0.25, -0.2) is 4.79 Å². The van der Waals surface area contributed by atoms with Crippen LogP contribution in [0.1, 0.15) is 22.5 Å². The number of aryl methyl sites for hydroxylation is 2. The fourth-order valence-corrected chi connectivity index (χ4v) is 2.16. The van der Waals surface area contributed by atoms with Crippen LogP contribution >= 0.6 is 15.9 Å². The minimum Gasteiger partial charge on any atom is -0.478 e. The summed E-state index contributed by atoms with van der Waals surface area (Å²) in [5.74, 6) is -1.27. The number of rotatable bonds is 7. The monoisotopic (exact) mass is 369 g/mol. The Kier molecular flexibility index (Phi) is 5.31. The zero-order valence-corrected chi connectivity index (χ0v) is 13.6. The van der Waals surface area contributed by atoms with Crippen LogP contribution in [-0.2, 0) is 17.9 Å². The van der Waals surface area contributed by atoms with Crippen molar-refractivity contribution >= 4 is 27.8 Å². The Balaban J connectivity index is 1.70. The largest absolute Gasteiger partial charge is 0.478 e. The molecule has 0 aliphatic rings. The zero-order valence-electron chi connectivity index (χ0n) is 12.0. The second-order valence-electron chi connectivity index (χ2n) is 4.76. The lowest BCUT2D eigenvalue weighted by molar-refractivity contribution is -0.121. The molecule has 2 aromatic rings. The molecule has 9 heteroatoms. The van der Waals surface area contributed by atoms with Crippen molar-refractivity contribution < 1.29 is 14.7 Å². The SMILES string of the molecule is Cc1nn(CCCNC(=O)Cn2cc(C(=O)O)cn2)cc1Br. The summed E-state index contributed by atoms with van der Waals surface area (Å²) in [5.41, 5.74) is 0.990. The van der Waals surface area contributed by atoms with Crippen LogP contribution in [0.4, 0.5) is 0 Å². The lowest BCUT2D eigenvalue weighted by Gasteiger charge is -2.05. The maximum atomic E-state index is 11.7. The van der Waals surface area contributed by atoms with E-state index in [1.165, 1.54) is 17.1 Å². The molecule has 2 heterocycles. The van der Waals surface area contributed by atoms with E-state index in [-0.39, 0.29) is 18.0 Å². The van der Waals surface area contributed by atoms with E-state index in [0.29, 0.717) is 13.1 Å². The first-order valence-electron chi connectivity index (χ1n) is 6.67. The van der Waals surface area contributed by atoms with Crippen molar-refractivity contribution in [2.24, 2.45) is 0 Å². The van der Waals surface area contributed by atoms with Gasteiger partial charge in [0, 0.05) is 25.5 Å². The molecule has 0 atom stereocenters. The minimum absolute atomic E-state index is 0.000292. The summed E-state index contributed by atoms with van der Waals surface area (Å²) in [6, 6.07) is 0. The van der Waals surface area contributed by atoms with E-state index < -0.39 is 5.97 Å². The summed E-state index contributed by atoms with van der Waals surface area (Å²) in [7, 11) is 0. The van der Waals surface area contributed by atoms with Crippen molar-refractivity contribution in [2.45, 2.75) is 26.4 Å². The van der Waals surface area contributed by atoms with E-state index in [9.17, 15) is 9.59 Å². The number of carboxylic acids is 1. The normalized spacial score (nSPS) is 10.6. The van der Waals surface area contributed by atoms with Gasteiger partial charge in [-0.05, 0) is 29.3 Å². The van der Waals surface area contributed by atoms with Gasteiger partial charge in [-0.1, -0.05) is 0 Å². The lowest BCUT2D eigenvalue weighted by atomic mass is 10.4. The van der Waals surface area contributed by atoms with Crippen LogP contribution in [0.15, 0.2) is 23.1 Å². The highest BCUT2D eigenvalue weighted by molar-refractivity contribution is 9.10. The number of nitrogens with one attached hydrogen (secondary N) is 1. The van der Waals surface area contributed by atoms with Gasteiger partial charge in [-0.3, -0.25) is 14.2 Å². The number of aromatic nitrogens is 4. The summed E-state index contributed by atoms with van der Waals surface area (Å²) in [6.07, 6.45) is 5.19. The Morgan fingerprint density at radius 2 is 2.14 bits per heavy atom. The predicted octanol–water partition coefficient (Wildman–Crippen LogP) is 1.06. The third-order valence-electron chi connectivity index (χ3n) is 2.96. The molecule has 0 bridgehead atoms. The molecule has 0 aliphatic carbocycles. The quantitative estimate of drug-likeness (QED) is 0.710. The first-order chi connectivity index (χ1) is 10.5. The van der Waals surface area contributed by atoms with Gasteiger partial charge in [0.1, 0.15) is 6.54 Å². The van der Waals surface area contributed by atoms with Crippen LogP contribution in [0.2, 0.25) is 0 Å². The van der Waals surface area contributed by atoms with Crippen LogP contribution < -0.4 is 5.32 Å². The van der Waals surface area contributed by atoms with Gasteiger partial charge in [0.2, 0.25) is 5.91 Å². The van der Waals surface area contributed by atoms with Gasteiger partial charge in [0.15, 0.2) is 0 Å². The van der Waals surface area contributed by atoms with Crippen LogP contribution in [0.3, 0.4) is 0 Å². The molecule has 0 fully saturated rings. The molecule has 0 radical (unpaired) electrons. The third kappa shape index (κ3) is 4.42. The average molecular weight is 370 g/mol. The summed E-state index contributed by atoms with van der Waals surface area (Å²) in [4.78, 5) is 22.4. The number of nitrogens with zero attached hydrogens (tertiary/aromatic N) is 4. The number of amides is 1. The third-order valence-corrected chi connectivity index (χ3v) is 3.74. The highest BCUT2D eigenvalue weighted by atomic mass is 79.9. The van der Waals surface area contributed by atoms with Crippen molar-refractivity contribution in [1.82, 2.24) is 24.9 Å². The molecule has 0 aromatic carbocycles. The highest BCUT2D eigenvalue weighted by Crippen LogP contribution is 2.13. The molecule has 8 nitrogen and oxygen atoms in total. The Bertz CT molecular complexity index is 660. The Morgan fingerprint density at radius 1 is 1.36 bits per heavy atom. The molecule has 2 rings (SSSR count). The van der Waals surface area contributed by atoms with Gasteiger partial charge in [0.25, 0.3) is 0 Å². The van der Waals surface area contributed by atoms with Crippen molar-refractivity contribution in [3.05, 3.63) is 34.3 Å². The summed E-state index contributed by atoms with van der Waals surface area (Å²) < 4.78 is 4.08. The Hall–Kier alpha value is -2.16. The summed E-state index contributed by atoms with van der Waals surface area (Å²) in [5, 5.41) is 19.7. The van der Waals surface area contributed by atoms with Gasteiger partial charge < -0.3 is 10.4 Å². The number of halogens is 1. The number of aromatic carboxylic acids is 1. The standard InChI is InChI=1S/C13H16BrN5O3/c1-9-11(14)7-18(17-9)4-2-3-15-12(20)8-19-6-10(5-16-19)13(21)22/h5-7H,2-4,8H2,1H3,(H,15,20)(H,21,22). The fourth-order valence-electron chi connectivity index (χ4n) is 1.84. The molecular formula is C13H16BrN5O3. The van der Waals surface area contributed by atoms with E-state index in [2.05, 4.69) is 31.4 Å². The molecule has 118 valence electrons. The van der Waals surface area contributed by atoms with Crippen molar-refractivity contribution in [2.75, 3.05) is 6.54 Å². The van der Waals surface area contributed by atoms with E-state index in [4.69, 9.17) is 5.11 Å². The molecule has 0 spiro atoms. The van der Waals surface area contributed by atoms with E-state index >= 15 is 0 Å².